The van der Waals surface area contributed by atoms with Crippen molar-refractivity contribution in [3.8, 4) is 0 Å². The lowest BCUT2D eigenvalue weighted by Crippen LogP contribution is -2.30. The molecule has 1 atom stereocenters. The third-order valence-electron chi connectivity index (χ3n) is 11.4. The molecule has 0 saturated heterocycles. The molecule has 0 aromatic rings. The van der Waals surface area contributed by atoms with Crippen LogP contribution in [0.3, 0.4) is 0 Å². The van der Waals surface area contributed by atoms with Gasteiger partial charge in [0, 0.05) is 19.3 Å². The van der Waals surface area contributed by atoms with Crippen LogP contribution < -0.4 is 0 Å². The van der Waals surface area contributed by atoms with E-state index in [1.54, 1.807) is 0 Å². The lowest BCUT2D eigenvalue weighted by Gasteiger charge is -2.18. The fourth-order valence-electron chi connectivity index (χ4n) is 7.28. The molecular formula is C59H100O6. The molecule has 0 aliphatic carbocycles. The van der Waals surface area contributed by atoms with Gasteiger partial charge in [-0.15, -0.1) is 0 Å². The predicted octanol–water partition coefficient (Wildman–Crippen LogP) is 18.0. The average Bonchev–Trinajstić information content (AvgIpc) is 3.30. The molecule has 0 rings (SSSR count). The van der Waals surface area contributed by atoms with Gasteiger partial charge in [0.2, 0.25) is 0 Å². The number of allylic oxidation sites excluding steroid dienone is 14. The lowest BCUT2D eigenvalue weighted by atomic mass is 10.1. The normalized spacial score (nSPS) is 12.7. The van der Waals surface area contributed by atoms with Crippen LogP contribution in [0.5, 0.6) is 0 Å². The monoisotopic (exact) mass is 905 g/mol. The van der Waals surface area contributed by atoms with Gasteiger partial charge in [-0.1, -0.05) is 202 Å². The van der Waals surface area contributed by atoms with Crippen molar-refractivity contribution in [2.45, 2.75) is 258 Å². The molecule has 65 heavy (non-hydrogen) atoms. The Balaban J connectivity index is 4.47. The first-order chi connectivity index (χ1) is 32.0. The zero-order valence-corrected chi connectivity index (χ0v) is 42.5. The van der Waals surface area contributed by atoms with Crippen molar-refractivity contribution < 1.29 is 28.6 Å². The van der Waals surface area contributed by atoms with Gasteiger partial charge in [0.05, 0.1) is 0 Å². The first kappa shape index (κ1) is 61.6. The van der Waals surface area contributed by atoms with Crippen LogP contribution in [0, 0.1) is 0 Å². The van der Waals surface area contributed by atoms with Crippen LogP contribution in [0.4, 0.5) is 0 Å². The highest BCUT2D eigenvalue weighted by atomic mass is 16.6. The molecular weight excluding hydrogens is 805 g/mol. The Kier molecular flexibility index (Phi) is 50.4. The van der Waals surface area contributed by atoms with Crippen molar-refractivity contribution in [3.05, 3.63) is 85.1 Å². The molecule has 0 bridgehead atoms. The maximum absolute atomic E-state index is 12.8. The molecule has 0 spiro atoms. The van der Waals surface area contributed by atoms with Gasteiger partial charge < -0.3 is 14.2 Å². The van der Waals surface area contributed by atoms with Crippen molar-refractivity contribution in [3.63, 3.8) is 0 Å². The molecule has 0 radical (unpaired) electrons. The number of esters is 3. The van der Waals surface area contributed by atoms with Crippen molar-refractivity contribution in [1.82, 2.24) is 0 Å². The number of rotatable bonds is 48. The second-order valence-corrected chi connectivity index (χ2v) is 17.7. The van der Waals surface area contributed by atoms with Gasteiger partial charge in [-0.25, -0.2) is 0 Å². The summed E-state index contributed by atoms with van der Waals surface area (Å²) in [6, 6.07) is 0. The van der Waals surface area contributed by atoms with Crippen LogP contribution in [-0.2, 0) is 28.6 Å². The second-order valence-electron chi connectivity index (χ2n) is 17.7. The summed E-state index contributed by atoms with van der Waals surface area (Å²) in [7, 11) is 0. The average molecular weight is 905 g/mol. The SMILES string of the molecule is CC/C=C\C/C=C\C/C=C\CCCCCCCC(=O)O[C@@H](COC(=O)CCCCCC/C=C\C/C=C\C/C=C\CCCCC)COC(=O)CCCCCCC/C=C\CCCCCCCC. The number of unbranched alkanes of at least 4 members (excludes halogenated alkanes) is 23. The zero-order valence-electron chi connectivity index (χ0n) is 42.5. The van der Waals surface area contributed by atoms with Crippen molar-refractivity contribution in [2.24, 2.45) is 0 Å². The Morgan fingerprint density at radius 3 is 0.985 bits per heavy atom. The molecule has 0 aromatic carbocycles. The Labute approximate surface area is 401 Å². The zero-order chi connectivity index (χ0) is 47.2. The highest BCUT2D eigenvalue weighted by Gasteiger charge is 2.19. The molecule has 0 heterocycles. The van der Waals surface area contributed by atoms with E-state index in [1.165, 1.54) is 83.5 Å². The quantitative estimate of drug-likeness (QED) is 0.0262. The van der Waals surface area contributed by atoms with Gasteiger partial charge in [0.1, 0.15) is 13.2 Å². The number of ether oxygens (including phenoxy) is 3. The molecule has 0 unspecified atom stereocenters. The number of carbonyl (C=O) groups is 3. The largest absolute Gasteiger partial charge is 0.462 e. The summed E-state index contributed by atoms with van der Waals surface area (Å²) in [6.45, 7) is 6.45. The molecule has 0 aliphatic rings. The van der Waals surface area contributed by atoms with Gasteiger partial charge in [-0.3, -0.25) is 14.4 Å². The number of carbonyl (C=O) groups excluding carboxylic acids is 3. The molecule has 0 saturated carbocycles. The maximum Gasteiger partial charge on any atom is 0.306 e. The van der Waals surface area contributed by atoms with E-state index in [1.807, 2.05) is 0 Å². The summed E-state index contributed by atoms with van der Waals surface area (Å²) in [5.41, 5.74) is 0. The van der Waals surface area contributed by atoms with Crippen molar-refractivity contribution in [2.75, 3.05) is 13.2 Å². The molecule has 0 amide bonds. The summed E-state index contributed by atoms with van der Waals surface area (Å²) in [5, 5.41) is 0. The van der Waals surface area contributed by atoms with Gasteiger partial charge in [-0.2, -0.15) is 0 Å². The summed E-state index contributed by atoms with van der Waals surface area (Å²) >= 11 is 0. The van der Waals surface area contributed by atoms with E-state index in [2.05, 4.69) is 106 Å². The van der Waals surface area contributed by atoms with Crippen LogP contribution in [0.2, 0.25) is 0 Å². The van der Waals surface area contributed by atoms with Crippen LogP contribution >= 0.6 is 0 Å². The minimum absolute atomic E-state index is 0.0956. The van der Waals surface area contributed by atoms with E-state index in [0.29, 0.717) is 19.3 Å². The van der Waals surface area contributed by atoms with Crippen molar-refractivity contribution in [1.29, 1.82) is 0 Å². The van der Waals surface area contributed by atoms with E-state index < -0.39 is 6.10 Å². The van der Waals surface area contributed by atoms with Crippen LogP contribution in [-0.4, -0.2) is 37.2 Å². The predicted molar refractivity (Wildman–Crippen MR) is 279 cm³/mol. The van der Waals surface area contributed by atoms with Gasteiger partial charge in [0.15, 0.2) is 6.10 Å². The molecule has 0 N–H and O–H groups in total. The molecule has 0 aromatic heterocycles. The van der Waals surface area contributed by atoms with Gasteiger partial charge in [-0.05, 0) is 116 Å². The Morgan fingerprint density at radius 1 is 0.323 bits per heavy atom. The molecule has 6 nitrogen and oxygen atoms in total. The number of hydrogen-bond donors (Lipinski definition) is 0. The van der Waals surface area contributed by atoms with Crippen LogP contribution in [0.15, 0.2) is 85.1 Å². The van der Waals surface area contributed by atoms with E-state index in [9.17, 15) is 14.4 Å². The van der Waals surface area contributed by atoms with Crippen LogP contribution in [0.1, 0.15) is 252 Å². The summed E-state index contributed by atoms with van der Waals surface area (Å²) in [6.07, 6.45) is 68.5. The van der Waals surface area contributed by atoms with E-state index in [-0.39, 0.29) is 31.1 Å². The van der Waals surface area contributed by atoms with Crippen LogP contribution in [0.25, 0.3) is 0 Å². The van der Waals surface area contributed by atoms with E-state index >= 15 is 0 Å². The highest BCUT2D eigenvalue weighted by molar-refractivity contribution is 5.71. The minimum Gasteiger partial charge on any atom is -0.462 e. The number of hydrogen-bond acceptors (Lipinski definition) is 6. The fraction of sp³-hybridized carbons (Fsp3) is 0.712. The van der Waals surface area contributed by atoms with Gasteiger partial charge in [0.25, 0.3) is 0 Å². The first-order valence-corrected chi connectivity index (χ1v) is 27.1. The molecule has 6 heteroatoms. The van der Waals surface area contributed by atoms with E-state index in [0.717, 1.165) is 128 Å². The second kappa shape index (κ2) is 53.2. The van der Waals surface area contributed by atoms with Gasteiger partial charge >= 0.3 is 17.9 Å². The minimum atomic E-state index is -0.799. The third-order valence-corrected chi connectivity index (χ3v) is 11.4. The van der Waals surface area contributed by atoms with E-state index in [4.69, 9.17) is 14.2 Å². The first-order valence-electron chi connectivity index (χ1n) is 27.1. The molecule has 372 valence electrons. The third kappa shape index (κ3) is 51.4. The topological polar surface area (TPSA) is 78.9 Å². The molecule has 0 fully saturated rings. The summed E-state index contributed by atoms with van der Waals surface area (Å²) in [5.74, 6) is -0.941. The molecule has 0 aliphatic heterocycles. The summed E-state index contributed by atoms with van der Waals surface area (Å²) in [4.78, 5) is 38.1. The lowest BCUT2D eigenvalue weighted by molar-refractivity contribution is -0.167. The fourth-order valence-corrected chi connectivity index (χ4v) is 7.28. The highest BCUT2D eigenvalue weighted by Crippen LogP contribution is 2.13. The van der Waals surface area contributed by atoms with Crippen molar-refractivity contribution >= 4 is 17.9 Å². The smallest absolute Gasteiger partial charge is 0.306 e. The standard InChI is InChI=1S/C59H100O6/c1-4-7-10-13-16-19-22-25-28-29-32-34-37-40-43-46-49-52-58(61)64-55-56(65-59(62)53-50-47-44-41-38-35-31-27-24-21-18-15-12-9-6-3)54-63-57(60)51-48-45-42-39-36-33-30-26-23-20-17-14-11-8-5-2/h9,12,16,18-19,21,25-28,30-32,34,56H,4-8,10-11,13-15,17,20,22-24,29,33,35-55H2,1-3H3/b12-9-,19-16-,21-18-,28-25-,30-26-,31-27-,34-32-/t56-/m1/s1. The summed E-state index contributed by atoms with van der Waals surface area (Å²) < 4.78 is 16.8. The Bertz CT molecular complexity index is 1270. The maximum atomic E-state index is 12.8. The Hall–Kier alpha value is -3.41. The Morgan fingerprint density at radius 2 is 0.600 bits per heavy atom.